The standard InChI is InChI=1S/C25H24N4O3/c1-16-8-7-9-20(12-16)26-23(30)15-28-24(31)22(27-25(28)32)14-19-13-17(2)29(18(19)3)21-10-5-4-6-11-21/h4-14H,15H2,1-3H3,(H,26,30)(H,27,32)/b22-14-. The van der Waals surface area contributed by atoms with Crippen LogP contribution in [0.3, 0.4) is 0 Å². The van der Waals surface area contributed by atoms with Crippen molar-refractivity contribution in [2.75, 3.05) is 11.9 Å². The van der Waals surface area contributed by atoms with E-state index >= 15 is 0 Å². The Hall–Kier alpha value is -4.13. The molecule has 1 aliphatic heterocycles. The first kappa shape index (κ1) is 21.1. The summed E-state index contributed by atoms with van der Waals surface area (Å²) >= 11 is 0. The maximum absolute atomic E-state index is 12.8. The molecule has 0 bridgehead atoms. The van der Waals surface area contributed by atoms with Crippen molar-refractivity contribution in [2.45, 2.75) is 20.8 Å². The second kappa shape index (κ2) is 8.55. The maximum atomic E-state index is 12.8. The average Bonchev–Trinajstić information content (AvgIpc) is 3.18. The Kier molecular flexibility index (Phi) is 5.64. The number of nitrogens with one attached hydrogen (secondary N) is 2. The van der Waals surface area contributed by atoms with Gasteiger partial charge in [0.25, 0.3) is 5.91 Å². The number of anilines is 1. The molecule has 1 aromatic heterocycles. The fraction of sp³-hybridized carbons (Fsp3) is 0.160. The number of hydrogen-bond acceptors (Lipinski definition) is 3. The molecule has 2 N–H and O–H groups in total. The van der Waals surface area contributed by atoms with Crippen LogP contribution in [0.4, 0.5) is 10.5 Å². The van der Waals surface area contributed by atoms with E-state index in [1.54, 1.807) is 12.1 Å². The summed E-state index contributed by atoms with van der Waals surface area (Å²) in [4.78, 5) is 38.5. The van der Waals surface area contributed by atoms with Gasteiger partial charge in [0.2, 0.25) is 5.91 Å². The highest BCUT2D eigenvalue weighted by Gasteiger charge is 2.35. The van der Waals surface area contributed by atoms with Crippen molar-refractivity contribution in [2.24, 2.45) is 0 Å². The van der Waals surface area contributed by atoms with Crippen LogP contribution in [0.25, 0.3) is 11.8 Å². The molecular weight excluding hydrogens is 404 g/mol. The Morgan fingerprint density at radius 3 is 2.47 bits per heavy atom. The lowest BCUT2D eigenvalue weighted by Crippen LogP contribution is -2.38. The van der Waals surface area contributed by atoms with Crippen molar-refractivity contribution in [3.63, 3.8) is 0 Å². The highest BCUT2D eigenvalue weighted by molar-refractivity contribution is 6.16. The third-order valence-corrected chi connectivity index (χ3v) is 5.35. The summed E-state index contributed by atoms with van der Waals surface area (Å²) in [7, 11) is 0. The zero-order chi connectivity index (χ0) is 22.8. The van der Waals surface area contributed by atoms with E-state index < -0.39 is 17.8 Å². The number of imide groups is 1. The van der Waals surface area contributed by atoms with Gasteiger partial charge < -0.3 is 15.2 Å². The summed E-state index contributed by atoms with van der Waals surface area (Å²) < 4.78 is 2.08. The molecule has 32 heavy (non-hydrogen) atoms. The molecular formula is C25H24N4O3. The smallest absolute Gasteiger partial charge is 0.325 e. The summed E-state index contributed by atoms with van der Waals surface area (Å²) in [5.41, 5.74) is 5.55. The topological polar surface area (TPSA) is 83.4 Å². The Bertz CT molecular complexity index is 1240. The van der Waals surface area contributed by atoms with Crippen LogP contribution in [0, 0.1) is 20.8 Å². The van der Waals surface area contributed by atoms with Crippen molar-refractivity contribution in [3.05, 3.63) is 88.9 Å². The highest BCUT2D eigenvalue weighted by Crippen LogP contribution is 2.24. The molecule has 2 aromatic carbocycles. The van der Waals surface area contributed by atoms with Crippen molar-refractivity contribution in [1.82, 2.24) is 14.8 Å². The summed E-state index contributed by atoms with van der Waals surface area (Å²) in [5, 5.41) is 5.30. The third kappa shape index (κ3) is 4.18. The van der Waals surface area contributed by atoms with Gasteiger partial charge >= 0.3 is 6.03 Å². The fourth-order valence-electron chi connectivity index (χ4n) is 3.85. The molecule has 0 saturated carbocycles. The molecule has 1 fully saturated rings. The van der Waals surface area contributed by atoms with E-state index in [1.807, 2.05) is 75.4 Å². The van der Waals surface area contributed by atoms with Crippen LogP contribution in [-0.2, 0) is 9.59 Å². The molecule has 7 heteroatoms. The number of para-hydroxylation sites is 1. The molecule has 1 aliphatic rings. The Morgan fingerprint density at radius 2 is 1.75 bits per heavy atom. The van der Waals surface area contributed by atoms with E-state index in [2.05, 4.69) is 15.2 Å². The number of amides is 4. The molecule has 0 atom stereocenters. The quantitative estimate of drug-likeness (QED) is 0.477. The Morgan fingerprint density at radius 1 is 1.00 bits per heavy atom. The van der Waals surface area contributed by atoms with Gasteiger partial charge in [-0.05, 0) is 68.3 Å². The first-order valence-corrected chi connectivity index (χ1v) is 10.3. The predicted molar refractivity (Wildman–Crippen MR) is 123 cm³/mol. The summed E-state index contributed by atoms with van der Waals surface area (Å²) in [6, 6.07) is 18.6. The van der Waals surface area contributed by atoms with E-state index in [1.165, 1.54) is 0 Å². The third-order valence-electron chi connectivity index (χ3n) is 5.35. The second-order valence-corrected chi connectivity index (χ2v) is 7.79. The van der Waals surface area contributed by atoms with E-state index in [-0.39, 0.29) is 12.2 Å². The van der Waals surface area contributed by atoms with Crippen molar-refractivity contribution >= 4 is 29.6 Å². The van der Waals surface area contributed by atoms with Gasteiger partial charge in [-0.15, -0.1) is 0 Å². The molecule has 0 aliphatic carbocycles. The van der Waals surface area contributed by atoms with Crippen LogP contribution in [-0.4, -0.2) is 33.9 Å². The highest BCUT2D eigenvalue weighted by atomic mass is 16.2. The van der Waals surface area contributed by atoms with Crippen LogP contribution in [0.1, 0.15) is 22.5 Å². The molecule has 3 aromatic rings. The van der Waals surface area contributed by atoms with E-state index in [0.717, 1.165) is 33.1 Å². The number of carbonyl (C=O) groups excluding carboxylic acids is 3. The van der Waals surface area contributed by atoms with Gasteiger partial charge in [-0.3, -0.25) is 9.59 Å². The zero-order valence-electron chi connectivity index (χ0n) is 18.2. The van der Waals surface area contributed by atoms with Gasteiger partial charge in [0.1, 0.15) is 12.2 Å². The molecule has 2 heterocycles. The molecule has 4 amide bonds. The summed E-state index contributed by atoms with van der Waals surface area (Å²) in [5.74, 6) is -0.971. The lowest BCUT2D eigenvalue weighted by molar-refractivity contribution is -0.127. The Balaban J connectivity index is 1.52. The first-order valence-electron chi connectivity index (χ1n) is 10.3. The number of urea groups is 1. The number of nitrogens with zero attached hydrogens (tertiary/aromatic N) is 2. The minimum absolute atomic E-state index is 0.145. The SMILES string of the molecule is Cc1cccc(NC(=O)CN2C(=O)N/C(=C\c3cc(C)n(-c4ccccc4)c3C)C2=O)c1. The number of aryl methyl sites for hydroxylation is 2. The van der Waals surface area contributed by atoms with Crippen molar-refractivity contribution in [3.8, 4) is 5.69 Å². The zero-order valence-corrected chi connectivity index (χ0v) is 18.2. The molecule has 162 valence electrons. The molecule has 0 spiro atoms. The summed E-state index contributed by atoms with van der Waals surface area (Å²) in [6.45, 7) is 5.50. The van der Waals surface area contributed by atoms with Crippen LogP contribution in [0.2, 0.25) is 0 Å². The largest absolute Gasteiger partial charge is 0.329 e. The van der Waals surface area contributed by atoms with Crippen LogP contribution < -0.4 is 10.6 Å². The normalized spacial score (nSPS) is 14.7. The van der Waals surface area contributed by atoms with Gasteiger partial charge in [0, 0.05) is 22.8 Å². The van der Waals surface area contributed by atoms with E-state index in [4.69, 9.17) is 0 Å². The minimum Gasteiger partial charge on any atom is -0.325 e. The van der Waals surface area contributed by atoms with Crippen LogP contribution in [0.5, 0.6) is 0 Å². The maximum Gasteiger partial charge on any atom is 0.329 e. The molecule has 7 nitrogen and oxygen atoms in total. The number of benzene rings is 2. The molecule has 4 rings (SSSR count). The van der Waals surface area contributed by atoms with Gasteiger partial charge in [0.15, 0.2) is 0 Å². The second-order valence-electron chi connectivity index (χ2n) is 7.79. The molecule has 0 radical (unpaired) electrons. The van der Waals surface area contributed by atoms with Crippen LogP contribution >= 0.6 is 0 Å². The number of aromatic nitrogens is 1. The Labute approximate surface area is 186 Å². The minimum atomic E-state index is -0.613. The van der Waals surface area contributed by atoms with E-state index in [0.29, 0.717) is 5.69 Å². The predicted octanol–water partition coefficient (Wildman–Crippen LogP) is 3.93. The van der Waals surface area contributed by atoms with E-state index in [9.17, 15) is 14.4 Å². The summed E-state index contributed by atoms with van der Waals surface area (Å²) in [6.07, 6.45) is 1.65. The van der Waals surface area contributed by atoms with Gasteiger partial charge in [-0.2, -0.15) is 0 Å². The lowest BCUT2D eigenvalue weighted by atomic mass is 10.2. The fourth-order valence-corrected chi connectivity index (χ4v) is 3.85. The molecule has 1 saturated heterocycles. The van der Waals surface area contributed by atoms with Gasteiger partial charge in [-0.1, -0.05) is 30.3 Å². The van der Waals surface area contributed by atoms with Crippen LogP contribution in [0.15, 0.2) is 66.4 Å². The average molecular weight is 428 g/mol. The number of carbonyl (C=O) groups is 3. The number of hydrogen-bond donors (Lipinski definition) is 2. The van der Waals surface area contributed by atoms with Crippen molar-refractivity contribution < 1.29 is 14.4 Å². The lowest BCUT2D eigenvalue weighted by Gasteiger charge is -2.12. The monoisotopic (exact) mass is 428 g/mol. The first-order chi connectivity index (χ1) is 15.3. The number of rotatable bonds is 5. The van der Waals surface area contributed by atoms with Gasteiger partial charge in [0.05, 0.1) is 0 Å². The molecule has 0 unspecified atom stereocenters. The van der Waals surface area contributed by atoms with Gasteiger partial charge in [-0.25, -0.2) is 9.69 Å². The van der Waals surface area contributed by atoms with Crippen molar-refractivity contribution in [1.29, 1.82) is 0 Å².